The van der Waals surface area contributed by atoms with E-state index in [1.54, 1.807) is 0 Å². The van der Waals surface area contributed by atoms with Crippen LogP contribution in [0, 0.1) is 16.4 Å². The van der Waals surface area contributed by atoms with Crippen LogP contribution in [0.1, 0.15) is 22.9 Å². The van der Waals surface area contributed by atoms with Crippen molar-refractivity contribution in [1.82, 2.24) is 14.9 Å². The van der Waals surface area contributed by atoms with Crippen LogP contribution < -0.4 is 10.1 Å². The lowest BCUT2D eigenvalue weighted by Gasteiger charge is -2.28. The second-order valence-corrected chi connectivity index (χ2v) is 7.30. The van der Waals surface area contributed by atoms with Crippen molar-refractivity contribution in [3.63, 3.8) is 0 Å². The number of imidazole rings is 1. The van der Waals surface area contributed by atoms with Gasteiger partial charge in [-0.25, -0.2) is 8.78 Å². The van der Waals surface area contributed by atoms with Crippen molar-refractivity contribution in [3.8, 4) is 5.75 Å². The molecule has 0 bridgehead atoms. The summed E-state index contributed by atoms with van der Waals surface area (Å²) in [7, 11) is 0. The summed E-state index contributed by atoms with van der Waals surface area (Å²) in [6, 6.07) is 12.3. The Hall–Kier alpha value is -2.51. The van der Waals surface area contributed by atoms with Crippen molar-refractivity contribution in [2.24, 2.45) is 0 Å². The largest absolute Gasteiger partial charge is 0.488 e. The summed E-state index contributed by atoms with van der Waals surface area (Å²) in [6.45, 7) is 1.88. The van der Waals surface area contributed by atoms with Crippen LogP contribution in [0.15, 0.2) is 48.7 Å². The molecular weight excluding hydrogens is 380 g/mol. The molecule has 2 heterocycles. The average molecular weight is 401 g/mol. The molecule has 2 aromatic carbocycles. The maximum absolute atomic E-state index is 13.9. The molecule has 7 heteroatoms. The fourth-order valence-electron chi connectivity index (χ4n) is 3.64. The minimum atomic E-state index is -0.656. The van der Waals surface area contributed by atoms with Gasteiger partial charge >= 0.3 is 0 Å². The summed E-state index contributed by atoms with van der Waals surface area (Å²) in [5.74, 6) is -1.11. The third-order valence-electron chi connectivity index (χ3n) is 4.95. The number of aromatic amines is 1. The molecule has 0 saturated carbocycles. The molecule has 4 nitrogen and oxygen atoms in total. The molecule has 0 saturated heterocycles. The average Bonchev–Trinajstić information content (AvgIpc) is 3.06. The zero-order valence-corrected chi connectivity index (χ0v) is 16.1. The van der Waals surface area contributed by atoms with Crippen molar-refractivity contribution in [2.45, 2.75) is 25.4 Å². The first-order chi connectivity index (χ1) is 13.6. The Balaban J connectivity index is 1.44. The highest BCUT2D eigenvalue weighted by molar-refractivity contribution is 7.71. The van der Waals surface area contributed by atoms with Gasteiger partial charge in [-0.15, -0.1) is 0 Å². The molecule has 4 rings (SSSR count). The fourth-order valence-corrected chi connectivity index (χ4v) is 3.96. The predicted octanol–water partition coefficient (Wildman–Crippen LogP) is 4.33. The summed E-state index contributed by atoms with van der Waals surface area (Å²) in [5, 5.41) is 3.43. The van der Waals surface area contributed by atoms with Crippen molar-refractivity contribution < 1.29 is 13.5 Å². The van der Waals surface area contributed by atoms with Crippen molar-refractivity contribution >= 4 is 12.2 Å². The standard InChI is InChI=1S/C21H21F2N3OS/c22-16-8-15-9-18(13-27-20(15)19(23)10-16)26-17(12-25-21(26)28)6-7-24-11-14-4-2-1-3-5-14/h1-5,8,10,12,18,24H,6-7,9,11,13H2,(H,25,28)/t18-/m0/s1. The maximum atomic E-state index is 13.9. The van der Waals surface area contributed by atoms with E-state index >= 15 is 0 Å². The predicted molar refractivity (Wildman–Crippen MR) is 106 cm³/mol. The van der Waals surface area contributed by atoms with E-state index in [0.717, 1.165) is 31.3 Å². The lowest BCUT2D eigenvalue weighted by Crippen LogP contribution is -2.27. The molecule has 146 valence electrons. The number of H-pyrrole nitrogens is 1. The van der Waals surface area contributed by atoms with Gasteiger partial charge in [-0.1, -0.05) is 30.3 Å². The van der Waals surface area contributed by atoms with Gasteiger partial charge < -0.3 is 19.6 Å². The van der Waals surface area contributed by atoms with Crippen LogP contribution in [0.4, 0.5) is 8.78 Å². The summed E-state index contributed by atoms with van der Waals surface area (Å²) in [6.07, 6.45) is 3.15. The lowest BCUT2D eigenvalue weighted by atomic mass is 10.0. The SMILES string of the molecule is Fc1cc(F)c2c(c1)C[C@H](n1c(CCNCc3ccccc3)c[nH]c1=S)CO2. The van der Waals surface area contributed by atoms with Gasteiger partial charge in [0, 0.05) is 49.5 Å². The topological polar surface area (TPSA) is 42.0 Å². The number of nitrogens with zero attached hydrogens (tertiary/aromatic N) is 1. The number of halogens is 2. The lowest BCUT2D eigenvalue weighted by molar-refractivity contribution is 0.210. The first-order valence-corrected chi connectivity index (χ1v) is 9.67. The minimum absolute atomic E-state index is 0.100. The zero-order chi connectivity index (χ0) is 19.5. The number of nitrogens with one attached hydrogen (secondary N) is 2. The molecule has 0 radical (unpaired) electrons. The van der Waals surface area contributed by atoms with E-state index < -0.39 is 11.6 Å². The minimum Gasteiger partial charge on any atom is -0.488 e. The van der Waals surface area contributed by atoms with E-state index in [2.05, 4.69) is 22.4 Å². The Labute approximate surface area is 167 Å². The molecule has 1 aliphatic heterocycles. The molecule has 0 amide bonds. The van der Waals surface area contributed by atoms with Crippen LogP contribution in [-0.2, 0) is 19.4 Å². The van der Waals surface area contributed by atoms with Gasteiger partial charge in [0.2, 0.25) is 0 Å². The molecule has 2 N–H and O–H groups in total. The summed E-state index contributed by atoms with van der Waals surface area (Å²) in [4.78, 5) is 3.09. The maximum Gasteiger partial charge on any atom is 0.177 e. The van der Waals surface area contributed by atoms with E-state index in [4.69, 9.17) is 17.0 Å². The first kappa shape index (κ1) is 18.8. The van der Waals surface area contributed by atoms with Crippen LogP contribution in [-0.4, -0.2) is 22.7 Å². The molecule has 3 aromatic rings. The van der Waals surface area contributed by atoms with Crippen LogP contribution >= 0.6 is 12.2 Å². The Morgan fingerprint density at radius 3 is 2.86 bits per heavy atom. The molecule has 0 aliphatic carbocycles. The summed E-state index contributed by atoms with van der Waals surface area (Å²) < 4.78 is 35.7. The highest BCUT2D eigenvalue weighted by atomic mass is 32.1. The normalized spacial score (nSPS) is 15.9. The highest BCUT2D eigenvalue weighted by Gasteiger charge is 2.26. The van der Waals surface area contributed by atoms with E-state index in [1.807, 2.05) is 29.0 Å². The van der Waals surface area contributed by atoms with Gasteiger partial charge in [-0.05, 0) is 23.8 Å². The van der Waals surface area contributed by atoms with E-state index in [1.165, 1.54) is 11.6 Å². The molecule has 1 atom stereocenters. The fraction of sp³-hybridized carbons (Fsp3) is 0.286. The van der Waals surface area contributed by atoms with Crippen molar-refractivity contribution in [3.05, 3.63) is 81.9 Å². The number of hydrogen-bond acceptors (Lipinski definition) is 3. The van der Waals surface area contributed by atoms with Crippen LogP contribution in [0.2, 0.25) is 0 Å². The van der Waals surface area contributed by atoms with Gasteiger partial charge in [-0.2, -0.15) is 0 Å². The number of rotatable bonds is 6. The Morgan fingerprint density at radius 1 is 1.21 bits per heavy atom. The second-order valence-electron chi connectivity index (χ2n) is 6.91. The smallest absolute Gasteiger partial charge is 0.177 e. The van der Waals surface area contributed by atoms with Gasteiger partial charge in [0.1, 0.15) is 12.4 Å². The highest BCUT2D eigenvalue weighted by Crippen LogP contribution is 2.33. The van der Waals surface area contributed by atoms with Crippen LogP contribution in [0.3, 0.4) is 0 Å². The molecular formula is C21H21F2N3OS. The van der Waals surface area contributed by atoms with Crippen LogP contribution in [0.25, 0.3) is 0 Å². The molecule has 0 spiro atoms. The molecule has 0 fully saturated rings. The van der Waals surface area contributed by atoms with Gasteiger partial charge in [0.15, 0.2) is 16.3 Å². The third-order valence-corrected chi connectivity index (χ3v) is 5.26. The zero-order valence-electron chi connectivity index (χ0n) is 15.3. The van der Waals surface area contributed by atoms with E-state index in [9.17, 15) is 8.78 Å². The summed E-state index contributed by atoms with van der Waals surface area (Å²) in [5.41, 5.74) is 2.80. The quantitative estimate of drug-likeness (QED) is 0.477. The monoisotopic (exact) mass is 401 g/mol. The molecule has 1 aliphatic rings. The van der Waals surface area contributed by atoms with E-state index in [-0.39, 0.29) is 11.8 Å². The van der Waals surface area contributed by atoms with Crippen LogP contribution in [0.5, 0.6) is 5.75 Å². The Morgan fingerprint density at radius 2 is 2.04 bits per heavy atom. The second kappa shape index (κ2) is 8.24. The third kappa shape index (κ3) is 4.00. The van der Waals surface area contributed by atoms with Gasteiger partial charge in [0.25, 0.3) is 0 Å². The number of hydrogen-bond donors (Lipinski definition) is 2. The van der Waals surface area contributed by atoms with E-state index in [0.29, 0.717) is 23.4 Å². The number of aromatic nitrogens is 2. The van der Waals surface area contributed by atoms with Gasteiger partial charge in [0.05, 0.1) is 6.04 Å². The summed E-state index contributed by atoms with van der Waals surface area (Å²) >= 11 is 5.44. The molecule has 0 unspecified atom stereocenters. The molecule has 28 heavy (non-hydrogen) atoms. The Bertz CT molecular complexity index is 1020. The number of benzene rings is 2. The first-order valence-electron chi connectivity index (χ1n) is 9.26. The van der Waals surface area contributed by atoms with Crippen molar-refractivity contribution in [2.75, 3.05) is 13.2 Å². The number of ether oxygens (including phenoxy) is 1. The van der Waals surface area contributed by atoms with Gasteiger partial charge in [-0.3, -0.25) is 0 Å². The Kier molecular flexibility index (Phi) is 5.54. The number of fused-ring (bicyclic) bond motifs is 1. The molecule has 1 aromatic heterocycles. The van der Waals surface area contributed by atoms with Crippen molar-refractivity contribution in [1.29, 1.82) is 0 Å².